The molecule has 0 atom stereocenters. The van der Waals surface area contributed by atoms with E-state index in [2.05, 4.69) is 68.9 Å². The SMILES string of the molecule is COc1ccc(CN(Cc2ccc(OC)cc2)c2ccc(I)cn2)cc1. The molecule has 3 rings (SSSR count). The third kappa shape index (κ3) is 4.88. The van der Waals surface area contributed by atoms with Gasteiger partial charge in [0, 0.05) is 22.9 Å². The van der Waals surface area contributed by atoms with Crippen LogP contribution < -0.4 is 14.4 Å². The second-order valence-corrected chi connectivity index (χ2v) is 7.13. The summed E-state index contributed by atoms with van der Waals surface area (Å²) in [5.41, 5.74) is 2.42. The Hall–Kier alpha value is -2.28. The van der Waals surface area contributed by atoms with E-state index in [4.69, 9.17) is 9.47 Å². The summed E-state index contributed by atoms with van der Waals surface area (Å²) in [6.07, 6.45) is 1.89. The number of ether oxygens (including phenoxy) is 2. The Morgan fingerprint density at radius 3 is 1.65 bits per heavy atom. The van der Waals surface area contributed by atoms with Gasteiger partial charge in [0.1, 0.15) is 17.3 Å². The Morgan fingerprint density at radius 1 is 0.769 bits per heavy atom. The van der Waals surface area contributed by atoms with Crippen LogP contribution in [0.4, 0.5) is 5.82 Å². The van der Waals surface area contributed by atoms with Crippen LogP contribution in [0.15, 0.2) is 66.9 Å². The highest BCUT2D eigenvalue weighted by atomic mass is 127. The molecule has 0 N–H and O–H groups in total. The van der Waals surface area contributed by atoms with Gasteiger partial charge in [-0.3, -0.25) is 0 Å². The maximum absolute atomic E-state index is 5.25. The van der Waals surface area contributed by atoms with Gasteiger partial charge in [0.2, 0.25) is 0 Å². The third-order valence-corrected chi connectivity index (χ3v) is 4.74. The second-order valence-electron chi connectivity index (χ2n) is 5.89. The normalized spacial score (nSPS) is 10.4. The summed E-state index contributed by atoms with van der Waals surface area (Å²) in [5.74, 6) is 2.68. The first kappa shape index (κ1) is 18.5. The average Bonchev–Trinajstić information content (AvgIpc) is 2.69. The number of anilines is 1. The van der Waals surface area contributed by atoms with E-state index in [-0.39, 0.29) is 0 Å². The largest absolute Gasteiger partial charge is 0.497 e. The van der Waals surface area contributed by atoms with Crippen LogP contribution in [0.2, 0.25) is 0 Å². The van der Waals surface area contributed by atoms with Gasteiger partial charge in [-0.15, -0.1) is 0 Å². The summed E-state index contributed by atoms with van der Waals surface area (Å²) in [7, 11) is 3.36. The molecule has 0 aliphatic rings. The zero-order valence-corrected chi connectivity index (χ0v) is 17.0. The van der Waals surface area contributed by atoms with Crippen LogP contribution in [0.5, 0.6) is 11.5 Å². The van der Waals surface area contributed by atoms with E-state index in [0.717, 1.165) is 34.0 Å². The van der Waals surface area contributed by atoms with Gasteiger partial charge in [-0.2, -0.15) is 0 Å². The summed E-state index contributed by atoms with van der Waals surface area (Å²) in [6, 6.07) is 20.5. The molecule has 134 valence electrons. The molecule has 0 saturated carbocycles. The van der Waals surface area contributed by atoms with Crippen molar-refractivity contribution in [2.75, 3.05) is 19.1 Å². The smallest absolute Gasteiger partial charge is 0.129 e. The first-order valence-electron chi connectivity index (χ1n) is 8.30. The monoisotopic (exact) mass is 460 g/mol. The molecule has 3 aromatic rings. The topological polar surface area (TPSA) is 34.6 Å². The minimum atomic E-state index is 0.767. The third-order valence-electron chi connectivity index (χ3n) is 4.10. The first-order chi connectivity index (χ1) is 12.7. The van der Waals surface area contributed by atoms with Crippen molar-refractivity contribution in [2.24, 2.45) is 0 Å². The van der Waals surface area contributed by atoms with E-state index in [1.54, 1.807) is 14.2 Å². The van der Waals surface area contributed by atoms with Crippen molar-refractivity contribution in [3.63, 3.8) is 0 Å². The number of methoxy groups -OCH3 is 2. The van der Waals surface area contributed by atoms with Gasteiger partial charge in [-0.1, -0.05) is 24.3 Å². The summed E-state index contributed by atoms with van der Waals surface area (Å²) >= 11 is 2.27. The zero-order valence-electron chi connectivity index (χ0n) is 14.9. The van der Waals surface area contributed by atoms with Crippen LogP contribution in [0.3, 0.4) is 0 Å². The Bertz CT molecular complexity index is 769. The summed E-state index contributed by atoms with van der Waals surface area (Å²) < 4.78 is 11.6. The van der Waals surface area contributed by atoms with E-state index in [9.17, 15) is 0 Å². The number of halogens is 1. The molecule has 2 aromatic carbocycles. The minimum absolute atomic E-state index is 0.767. The van der Waals surface area contributed by atoms with E-state index in [1.165, 1.54) is 11.1 Å². The van der Waals surface area contributed by atoms with Crippen LogP contribution in [0.25, 0.3) is 0 Å². The van der Waals surface area contributed by atoms with Crippen molar-refractivity contribution in [1.29, 1.82) is 0 Å². The van der Waals surface area contributed by atoms with Gasteiger partial charge >= 0.3 is 0 Å². The fourth-order valence-electron chi connectivity index (χ4n) is 2.68. The zero-order chi connectivity index (χ0) is 18.4. The number of nitrogens with zero attached hydrogens (tertiary/aromatic N) is 2. The average molecular weight is 460 g/mol. The minimum Gasteiger partial charge on any atom is -0.497 e. The van der Waals surface area contributed by atoms with E-state index < -0.39 is 0 Å². The predicted octanol–water partition coefficient (Wildman–Crippen LogP) is 4.91. The van der Waals surface area contributed by atoms with Crippen LogP contribution in [-0.2, 0) is 13.1 Å². The van der Waals surface area contributed by atoms with E-state index in [1.807, 2.05) is 30.5 Å². The number of benzene rings is 2. The lowest BCUT2D eigenvalue weighted by Crippen LogP contribution is -2.23. The van der Waals surface area contributed by atoms with Crippen molar-refractivity contribution in [3.05, 3.63) is 81.6 Å². The molecule has 0 spiro atoms. The van der Waals surface area contributed by atoms with Gasteiger partial charge in [0.25, 0.3) is 0 Å². The number of aromatic nitrogens is 1. The number of rotatable bonds is 7. The first-order valence-corrected chi connectivity index (χ1v) is 9.38. The second kappa shape index (κ2) is 8.89. The highest BCUT2D eigenvalue weighted by molar-refractivity contribution is 14.1. The maximum Gasteiger partial charge on any atom is 0.129 e. The highest BCUT2D eigenvalue weighted by Crippen LogP contribution is 2.21. The van der Waals surface area contributed by atoms with Crippen molar-refractivity contribution >= 4 is 28.4 Å². The molecule has 26 heavy (non-hydrogen) atoms. The molecule has 0 bridgehead atoms. The van der Waals surface area contributed by atoms with Gasteiger partial charge in [0.15, 0.2) is 0 Å². The quantitative estimate of drug-likeness (QED) is 0.470. The fourth-order valence-corrected chi connectivity index (χ4v) is 2.99. The molecule has 5 heteroatoms. The van der Waals surface area contributed by atoms with Gasteiger partial charge in [0.05, 0.1) is 14.2 Å². The standard InChI is InChI=1S/C21H21IN2O2/c1-25-19-8-3-16(4-9-19)14-24(21-12-7-18(22)13-23-21)15-17-5-10-20(26-2)11-6-17/h3-13H,14-15H2,1-2H3. The predicted molar refractivity (Wildman–Crippen MR) is 113 cm³/mol. The van der Waals surface area contributed by atoms with Crippen molar-refractivity contribution in [3.8, 4) is 11.5 Å². The summed E-state index contributed by atoms with van der Waals surface area (Å²) in [5, 5.41) is 0. The molecule has 0 amide bonds. The van der Waals surface area contributed by atoms with Crippen molar-refractivity contribution in [2.45, 2.75) is 13.1 Å². The van der Waals surface area contributed by atoms with Crippen molar-refractivity contribution in [1.82, 2.24) is 4.98 Å². The molecule has 0 unspecified atom stereocenters. The van der Waals surface area contributed by atoms with Crippen LogP contribution in [0.1, 0.15) is 11.1 Å². The fraction of sp³-hybridized carbons (Fsp3) is 0.190. The molecule has 0 aliphatic heterocycles. The van der Waals surface area contributed by atoms with E-state index >= 15 is 0 Å². The lowest BCUT2D eigenvalue weighted by atomic mass is 10.1. The summed E-state index contributed by atoms with van der Waals surface area (Å²) in [6.45, 7) is 1.53. The molecule has 4 nitrogen and oxygen atoms in total. The molecule has 0 aliphatic carbocycles. The van der Waals surface area contributed by atoms with E-state index in [0.29, 0.717) is 0 Å². The Balaban J connectivity index is 1.83. The molecule has 0 saturated heterocycles. The Morgan fingerprint density at radius 2 is 1.27 bits per heavy atom. The molecule has 1 aromatic heterocycles. The lowest BCUT2D eigenvalue weighted by molar-refractivity contribution is 0.414. The van der Waals surface area contributed by atoms with Crippen molar-refractivity contribution < 1.29 is 9.47 Å². The molecular weight excluding hydrogens is 439 g/mol. The molecule has 0 radical (unpaired) electrons. The van der Waals surface area contributed by atoms with Crippen LogP contribution in [0, 0.1) is 3.57 Å². The van der Waals surface area contributed by atoms with Crippen LogP contribution in [-0.4, -0.2) is 19.2 Å². The van der Waals surface area contributed by atoms with Crippen LogP contribution >= 0.6 is 22.6 Å². The molecular formula is C21H21IN2O2. The Kier molecular flexibility index (Phi) is 6.33. The van der Waals surface area contributed by atoms with Gasteiger partial charge < -0.3 is 14.4 Å². The van der Waals surface area contributed by atoms with Gasteiger partial charge in [-0.25, -0.2) is 4.98 Å². The number of pyridine rings is 1. The number of hydrogen-bond donors (Lipinski definition) is 0. The lowest BCUT2D eigenvalue weighted by Gasteiger charge is -2.24. The highest BCUT2D eigenvalue weighted by Gasteiger charge is 2.10. The maximum atomic E-state index is 5.25. The summed E-state index contributed by atoms with van der Waals surface area (Å²) in [4.78, 5) is 6.87. The molecule has 0 fully saturated rings. The molecule has 1 heterocycles. The number of hydrogen-bond acceptors (Lipinski definition) is 4. The Labute approximate surface area is 167 Å². The van der Waals surface area contributed by atoms with Gasteiger partial charge in [-0.05, 0) is 70.1 Å².